The zero-order valence-electron chi connectivity index (χ0n) is 23.9. The van der Waals surface area contributed by atoms with E-state index in [1.165, 1.54) is 13.8 Å². The molecule has 3 heterocycles. The normalized spacial score (nSPS) is 15.1. The van der Waals surface area contributed by atoms with Crippen molar-refractivity contribution in [3.05, 3.63) is 73.2 Å². The Balaban J connectivity index is 1.27. The zero-order valence-corrected chi connectivity index (χ0v) is 23.9. The second-order valence-corrected chi connectivity index (χ2v) is 10.3. The molecule has 1 saturated heterocycles. The topological polar surface area (TPSA) is 132 Å². The number of piperidine rings is 1. The fourth-order valence-electron chi connectivity index (χ4n) is 4.55. The standard InChI is InChI=1S/C31H34N6O5/c1-4-40-24-12-5-6-13-25(24)41-23-11-8-16-37(20-23)28-19-32-18-27(35-28)34-26-14-15-33-29(36-26)21-9-7-10-22(17-21)42-31(2,3)30(38)39/h5-7,9-10,12-15,17-19,23H,4,8,11,16,20H2,1-3H3,(H,38,39)(H,33,34,35,36). The number of rotatable bonds is 11. The number of benzene rings is 2. The fraction of sp³-hybridized carbons (Fsp3) is 0.323. The Morgan fingerprint density at radius 3 is 2.71 bits per heavy atom. The lowest BCUT2D eigenvalue weighted by molar-refractivity contribution is -0.152. The highest BCUT2D eigenvalue weighted by Gasteiger charge is 2.29. The van der Waals surface area contributed by atoms with E-state index in [2.05, 4.69) is 25.2 Å². The molecule has 11 heteroatoms. The molecule has 2 aromatic heterocycles. The molecule has 1 fully saturated rings. The number of anilines is 3. The van der Waals surface area contributed by atoms with Gasteiger partial charge in [0.1, 0.15) is 23.5 Å². The van der Waals surface area contributed by atoms with Gasteiger partial charge >= 0.3 is 5.97 Å². The quantitative estimate of drug-likeness (QED) is 0.241. The van der Waals surface area contributed by atoms with E-state index in [1.54, 1.807) is 42.9 Å². The number of ether oxygens (including phenoxy) is 3. The molecular weight excluding hydrogens is 536 g/mol. The van der Waals surface area contributed by atoms with Crippen LogP contribution in [0.1, 0.15) is 33.6 Å². The van der Waals surface area contributed by atoms with Crippen molar-refractivity contribution in [1.82, 2.24) is 19.9 Å². The summed E-state index contributed by atoms with van der Waals surface area (Å²) in [7, 11) is 0. The predicted molar refractivity (Wildman–Crippen MR) is 159 cm³/mol. The van der Waals surface area contributed by atoms with E-state index in [0.29, 0.717) is 41.9 Å². The van der Waals surface area contributed by atoms with Gasteiger partial charge in [0.2, 0.25) is 0 Å². The lowest BCUT2D eigenvalue weighted by Crippen LogP contribution is -2.41. The Kier molecular flexibility index (Phi) is 8.66. The highest BCUT2D eigenvalue weighted by atomic mass is 16.5. The van der Waals surface area contributed by atoms with Crippen molar-refractivity contribution in [1.29, 1.82) is 0 Å². The van der Waals surface area contributed by atoms with Crippen LogP contribution in [0.5, 0.6) is 17.2 Å². The van der Waals surface area contributed by atoms with E-state index >= 15 is 0 Å². The van der Waals surface area contributed by atoms with Crippen molar-refractivity contribution in [3.63, 3.8) is 0 Å². The molecule has 2 aromatic carbocycles. The maximum Gasteiger partial charge on any atom is 0.347 e. The molecule has 2 N–H and O–H groups in total. The van der Waals surface area contributed by atoms with E-state index in [0.717, 1.165) is 36.7 Å². The van der Waals surface area contributed by atoms with Crippen molar-refractivity contribution in [3.8, 4) is 28.6 Å². The maximum atomic E-state index is 11.5. The Bertz CT molecular complexity index is 1530. The van der Waals surface area contributed by atoms with Gasteiger partial charge in [0.05, 0.1) is 25.5 Å². The summed E-state index contributed by atoms with van der Waals surface area (Å²) in [6.45, 7) is 7.05. The third-order valence-corrected chi connectivity index (χ3v) is 6.66. The van der Waals surface area contributed by atoms with Crippen LogP contribution in [0.4, 0.5) is 17.5 Å². The lowest BCUT2D eigenvalue weighted by atomic mass is 10.1. The molecule has 0 saturated carbocycles. The molecule has 1 unspecified atom stereocenters. The minimum Gasteiger partial charge on any atom is -0.490 e. The number of hydrogen-bond acceptors (Lipinski definition) is 10. The number of carboxylic acid groups (broad SMARTS) is 1. The summed E-state index contributed by atoms with van der Waals surface area (Å²) in [5, 5.41) is 12.6. The summed E-state index contributed by atoms with van der Waals surface area (Å²) in [5.74, 6) is 3.12. The summed E-state index contributed by atoms with van der Waals surface area (Å²) in [6, 6.07) is 16.5. The number of aromatic nitrogens is 4. The second kappa shape index (κ2) is 12.7. The number of nitrogens with one attached hydrogen (secondary N) is 1. The molecule has 0 spiro atoms. The Labute approximate surface area is 244 Å². The van der Waals surface area contributed by atoms with Gasteiger partial charge in [0.15, 0.2) is 28.7 Å². The summed E-state index contributed by atoms with van der Waals surface area (Å²) >= 11 is 0. The average Bonchev–Trinajstić information content (AvgIpc) is 2.99. The number of carbonyl (C=O) groups is 1. The van der Waals surface area contributed by atoms with Crippen LogP contribution in [0, 0.1) is 0 Å². The SMILES string of the molecule is CCOc1ccccc1OC1CCCN(c2cncc(Nc3ccnc(-c4cccc(OC(C)(C)C(=O)O)c4)n3)n2)C1. The van der Waals surface area contributed by atoms with Gasteiger partial charge in [-0.15, -0.1) is 0 Å². The maximum absolute atomic E-state index is 11.5. The monoisotopic (exact) mass is 570 g/mol. The van der Waals surface area contributed by atoms with Gasteiger partial charge in [0.25, 0.3) is 0 Å². The molecule has 0 aliphatic carbocycles. The van der Waals surface area contributed by atoms with Gasteiger partial charge in [-0.2, -0.15) is 0 Å². The van der Waals surface area contributed by atoms with Crippen molar-refractivity contribution in [2.45, 2.75) is 45.3 Å². The minimum atomic E-state index is -1.37. The van der Waals surface area contributed by atoms with Crippen molar-refractivity contribution < 1.29 is 24.1 Å². The third kappa shape index (κ3) is 7.03. The number of para-hydroxylation sites is 2. The van der Waals surface area contributed by atoms with Gasteiger partial charge < -0.3 is 29.5 Å². The van der Waals surface area contributed by atoms with E-state index in [1.807, 2.05) is 37.3 Å². The summed E-state index contributed by atoms with van der Waals surface area (Å²) < 4.78 is 17.7. The summed E-state index contributed by atoms with van der Waals surface area (Å²) in [6.07, 6.45) is 6.92. The second-order valence-electron chi connectivity index (χ2n) is 10.3. The summed E-state index contributed by atoms with van der Waals surface area (Å²) in [4.78, 5) is 31.8. The number of nitrogens with zero attached hydrogens (tertiary/aromatic N) is 5. The molecule has 1 aliphatic rings. The van der Waals surface area contributed by atoms with E-state index in [9.17, 15) is 9.90 Å². The first-order chi connectivity index (χ1) is 20.3. The molecule has 218 valence electrons. The molecule has 0 radical (unpaired) electrons. The van der Waals surface area contributed by atoms with Crippen LogP contribution in [0.3, 0.4) is 0 Å². The summed E-state index contributed by atoms with van der Waals surface area (Å²) in [5.41, 5.74) is -0.691. The van der Waals surface area contributed by atoms with Gasteiger partial charge in [-0.25, -0.2) is 19.7 Å². The van der Waals surface area contributed by atoms with Gasteiger partial charge in [0, 0.05) is 18.3 Å². The van der Waals surface area contributed by atoms with Crippen LogP contribution in [0.15, 0.2) is 73.2 Å². The predicted octanol–water partition coefficient (Wildman–Crippen LogP) is 5.37. The zero-order chi connectivity index (χ0) is 29.5. The van der Waals surface area contributed by atoms with Crippen molar-refractivity contribution >= 4 is 23.4 Å². The van der Waals surface area contributed by atoms with Crippen LogP contribution in [0.2, 0.25) is 0 Å². The number of hydrogen-bond donors (Lipinski definition) is 2. The van der Waals surface area contributed by atoms with Crippen LogP contribution in [-0.4, -0.2) is 62.4 Å². The largest absolute Gasteiger partial charge is 0.490 e. The van der Waals surface area contributed by atoms with E-state index in [-0.39, 0.29) is 6.10 Å². The van der Waals surface area contributed by atoms with Crippen LogP contribution in [0.25, 0.3) is 11.4 Å². The number of carboxylic acids is 1. The first-order valence-corrected chi connectivity index (χ1v) is 13.9. The van der Waals surface area contributed by atoms with Crippen molar-refractivity contribution in [2.24, 2.45) is 0 Å². The van der Waals surface area contributed by atoms with Crippen LogP contribution < -0.4 is 24.4 Å². The van der Waals surface area contributed by atoms with Gasteiger partial charge in [-0.1, -0.05) is 24.3 Å². The highest BCUT2D eigenvalue weighted by Crippen LogP contribution is 2.30. The smallest absolute Gasteiger partial charge is 0.347 e. The first kappa shape index (κ1) is 28.6. The lowest BCUT2D eigenvalue weighted by Gasteiger charge is -2.33. The van der Waals surface area contributed by atoms with Gasteiger partial charge in [-0.3, -0.25) is 4.98 Å². The fourth-order valence-corrected chi connectivity index (χ4v) is 4.55. The van der Waals surface area contributed by atoms with E-state index < -0.39 is 11.6 Å². The average molecular weight is 571 g/mol. The third-order valence-electron chi connectivity index (χ3n) is 6.66. The number of aliphatic carboxylic acids is 1. The van der Waals surface area contributed by atoms with Crippen LogP contribution in [-0.2, 0) is 4.79 Å². The van der Waals surface area contributed by atoms with E-state index in [4.69, 9.17) is 19.2 Å². The Hall–Kier alpha value is -4.93. The Morgan fingerprint density at radius 1 is 1.07 bits per heavy atom. The molecule has 42 heavy (non-hydrogen) atoms. The minimum absolute atomic E-state index is 0.0102. The molecule has 0 bridgehead atoms. The molecule has 11 nitrogen and oxygen atoms in total. The molecule has 5 rings (SSSR count). The van der Waals surface area contributed by atoms with Crippen molar-refractivity contribution in [2.75, 3.05) is 29.9 Å². The van der Waals surface area contributed by atoms with Crippen LogP contribution >= 0.6 is 0 Å². The molecule has 4 aromatic rings. The molecule has 0 amide bonds. The first-order valence-electron chi connectivity index (χ1n) is 13.9. The highest BCUT2D eigenvalue weighted by molar-refractivity contribution is 5.77. The molecule has 1 aliphatic heterocycles. The molecule has 1 atom stereocenters. The molecular formula is C31H34N6O5. The Morgan fingerprint density at radius 2 is 1.90 bits per heavy atom. The van der Waals surface area contributed by atoms with Gasteiger partial charge in [-0.05, 0) is 63.9 Å².